The first-order chi connectivity index (χ1) is 19.5. The maximum absolute atomic E-state index is 9.06. The molecule has 2 aromatic carbocycles. The van der Waals surface area contributed by atoms with Gasteiger partial charge in [0.15, 0.2) is 0 Å². The van der Waals surface area contributed by atoms with Crippen LogP contribution >= 0.6 is 0 Å². The predicted molar refractivity (Wildman–Crippen MR) is 159 cm³/mol. The minimum atomic E-state index is 0.0816. The van der Waals surface area contributed by atoms with E-state index in [1.807, 2.05) is 24.3 Å². The van der Waals surface area contributed by atoms with Crippen molar-refractivity contribution in [2.24, 2.45) is 0 Å². The zero-order chi connectivity index (χ0) is 28.5. The molecule has 4 aromatic rings. The molecule has 0 fully saturated rings. The Balaban J connectivity index is 1.69. The number of nitrogens with zero attached hydrogens (tertiary/aromatic N) is 2. The van der Waals surface area contributed by atoms with Crippen LogP contribution in [0.4, 0.5) is 0 Å². The molecule has 0 unspecified atom stereocenters. The maximum atomic E-state index is 9.06. The van der Waals surface area contributed by atoms with Gasteiger partial charge >= 0.3 is 0 Å². The van der Waals surface area contributed by atoms with Gasteiger partial charge in [0.05, 0.1) is 38.8 Å². The second-order valence-electron chi connectivity index (χ2n) is 9.49. The number of benzene rings is 2. The Morgan fingerprint density at radius 2 is 1.00 bits per heavy atom. The molecule has 0 spiro atoms. The van der Waals surface area contributed by atoms with E-state index in [0.29, 0.717) is 37.9 Å². The van der Waals surface area contributed by atoms with E-state index in [-0.39, 0.29) is 13.2 Å². The Bertz CT molecular complexity index is 1330. The number of ether oxygens (including phenoxy) is 2. The van der Waals surface area contributed by atoms with E-state index in [1.165, 1.54) is 0 Å². The molecule has 8 nitrogen and oxygen atoms in total. The van der Waals surface area contributed by atoms with Crippen molar-refractivity contribution in [2.75, 3.05) is 40.5 Å². The summed E-state index contributed by atoms with van der Waals surface area (Å²) in [6, 6.07) is 20.6. The largest absolute Gasteiger partial charge is 0.481 e. The topological polar surface area (TPSA) is 109 Å². The Labute approximate surface area is 236 Å². The predicted octanol–water partition coefficient (Wildman–Crippen LogP) is 4.28. The van der Waals surface area contributed by atoms with E-state index in [2.05, 4.69) is 60.9 Å². The highest BCUT2D eigenvalue weighted by atomic mass is 16.5. The zero-order valence-electron chi connectivity index (χ0n) is 23.6. The van der Waals surface area contributed by atoms with Gasteiger partial charge in [-0.15, -0.1) is 0 Å². The molecular weight excluding hydrogens is 504 g/mol. The van der Waals surface area contributed by atoms with Gasteiger partial charge in [0.1, 0.15) is 0 Å². The minimum absolute atomic E-state index is 0.0816. The number of methoxy groups -OCH3 is 2. The Kier molecular flexibility index (Phi) is 10.2. The minimum Gasteiger partial charge on any atom is -0.481 e. The van der Waals surface area contributed by atoms with Gasteiger partial charge in [-0.25, -0.2) is 9.97 Å². The van der Waals surface area contributed by atoms with Crippen molar-refractivity contribution in [1.82, 2.24) is 20.6 Å². The standard InChI is InChI=1S/C32H38N4O4/c1-21-25(7-5-9-27(21)29-13-11-23(19-33-15-17-37)31(35-29)39-3)26-8-6-10-28(22(26)2)30-14-12-24(20-34-16-18-38)32(36-30)40-4/h5-14,33-34,37-38H,15-20H2,1-4H3. The van der Waals surface area contributed by atoms with E-state index in [4.69, 9.17) is 29.7 Å². The molecule has 210 valence electrons. The summed E-state index contributed by atoms with van der Waals surface area (Å²) in [5.41, 5.74) is 10.1. The highest BCUT2D eigenvalue weighted by Gasteiger charge is 2.16. The number of pyridine rings is 2. The summed E-state index contributed by atoms with van der Waals surface area (Å²) >= 11 is 0. The molecular formula is C32H38N4O4. The molecule has 2 aromatic heterocycles. The van der Waals surface area contributed by atoms with Crippen LogP contribution in [0, 0.1) is 13.8 Å². The molecule has 8 heteroatoms. The Morgan fingerprint density at radius 1 is 0.600 bits per heavy atom. The monoisotopic (exact) mass is 542 g/mol. The number of aliphatic hydroxyl groups is 2. The van der Waals surface area contributed by atoms with Crippen molar-refractivity contribution >= 4 is 0 Å². The van der Waals surface area contributed by atoms with Crippen molar-refractivity contribution in [3.8, 4) is 45.4 Å². The van der Waals surface area contributed by atoms with Crippen LogP contribution in [0.15, 0.2) is 60.7 Å². The molecule has 0 aliphatic rings. The van der Waals surface area contributed by atoms with Crippen LogP contribution in [0.5, 0.6) is 11.8 Å². The molecule has 0 amide bonds. The third-order valence-corrected chi connectivity index (χ3v) is 6.98. The first-order valence-corrected chi connectivity index (χ1v) is 13.4. The lowest BCUT2D eigenvalue weighted by Crippen LogP contribution is -2.18. The third-order valence-electron chi connectivity index (χ3n) is 6.98. The smallest absolute Gasteiger partial charge is 0.218 e. The molecule has 0 bridgehead atoms. The molecule has 4 N–H and O–H groups in total. The molecule has 2 heterocycles. The lowest BCUT2D eigenvalue weighted by Gasteiger charge is -2.17. The molecule has 0 aliphatic heterocycles. The van der Waals surface area contributed by atoms with Crippen LogP contribution in [0.1, 0.15) is 22.3 Å². The Morgan fingerprint density at radius 3 is 1.38 bits per heavy atom. The fraction of sp³-hybridized carbons (Fsp3) is 0.312. The summed E-state index contributed by atoms with van der Waals surface area (Å²) in [5, 5.41) is 24.5. The number of aliphatic hydroxyl groups excluding tert-OH is 2. The normalized spacial score (nSPS) is 11.1. The summed E-state index contributed by atoms with van der Waals surface area (Å²) in [6.45, 7) is 6.57. The number of nitrogens with one attached hydrogen (secondary N) is 2. The van der Waals surface area contributed by atoms with Crippen molar-refractivity contribution in [3.63, 3.8) is 0 Å². The average molecular weight is 543 g/mol. The highest BCUT2D eigenvalue weighted by Crippen LogP contribution is 2.37. The van der Waals surface area contributed by atoms with E-state index < -0.39 is 0 Å². The van der Waals surface area contributed by atoms with Gasteiger partial charge in [0, 0.05) is 48.4 Å². The molecule has 0 saturated carbocycles. The van der Waals surface area contributed by atoms with Crippen molar-refractivity contribution in [3.05, 3.63) is 82.9 Å². The summed E-state index contributed by atoms with van der Waals surface area (Å²) < 4.78 is 11.2. The molecule has 4 rings (SSSR count). The summed E-state index contributed by atoms with van der Waals surface area (Å²) in [6.07, 6.45) is 0. The molecule has 0 atom stereocenters. The van der Waals surface area contributed by atoms with Crippen LogP contribution < -0.4 is 20.1 Å². The number of hydrogen-bond donors (Lipinski definition) is 4. The first-order valence-electron chi connectivity index (χ1n) is 13.4. The van der Waals surface area contributed by atoms with E-state index in [1.54, 1.807) is 14.2 Å². The number of rotatable bonds is 13. The lowest BCUT2D eigenvalue weighted by molar-refractivity contribution is 0.291. The summed E-state index contributed by atoms with van der Waals surface area (Å²) in [4.78, 5) is 9.62. The van der Waals surface area contributed by atoms with Crippen LogP contribution in [0.25, 0.3) is 33.6 Å². The van der Waals surface area contributed by atoms with Gasteiger partial charge < -0.3 is 30.3 Å². The van der Waals surface area contributed by atoms with E-state index >= 15 is 0 Å². The molecule has 40 heavy (non-hydrogen) atoms. The summed E-state index contributed by atoms with van der Waals surface area (Å²) in [5.74, 6) is 1.14. The quantitative estimate of drug-likeness (QED) is 0.186. The van der Waals surface area contributed by atoms with Crippen molar-refractivity contribution < 1.29 is 19.7 Å². The second-order valence-corrected chi connectivity index (χ2v) is 9.49. The summed E-state index contributed by atoms with van der Waals surface area (Å²) in [7, 11) is 3.25. The molecule has 0 radical (unpaired) electrons. The van der Waals surface area contributed by atoms with Gasteiger partial charge in [0.2, 0.25) is 11.8 Å². The zero-order valence-corrected chi connectivity index (χ0v) is 23.6. The average Bonchev–Trinajstić information content (AvgIpc) is 2.98. The highest BCUT2D eigenvalue weighted by molar-refractivity contribution is 5.82. The van der Waals surface area contributed by atoms with E-state index in [9.17, 15) is 0 Å². The van der Waals surface area contributed by atoms with E-state index in [0.717, 1.165) is 55.9 Å². The SMILES string of the molecule is COc1nc(-c2cccc(-c3cccc(-c4ccc(CNCCO)c(OC)n4)c3C)c2C)ccc1CNCCO. The Hall–Kier alpha value is -3.82. The van der Waals surface area contributed by atoms with Gasteiger partial charge in [0.25, 0.3) is 0 Å². The van der Waals surface area contributed by atoms with Gasteiger partial charge in [-0.3, -0.25) is 0 Å². The number of hydrogen-bond acceptors (Lipinski definition) is 8. The van der Waals surface area contributed by atoms with Crippen LogP contribution in [0.3, 0.4) is 0 Å². The van der Waals surface area contributed by atoms with Gasteiger partial charge in [-0.1, -0.05) is 48.5 Å². The maximum Gasteiger partial charge on any atom is 0.218 e. The van der Waals surface area contributed by atoms with Crippen molar-refractivity contribution in [2.45, 2.75) is 26.9 Å². The molecule has 0 saturated heterocycles. The van der Waals surface area contributed by atoms with Crippen LogP contribution in [-0.2, 0) is 13.1 Å². The molecule has 0 aliphatic carbocycles. The first kappa shape index (κ1) is 29.2. The van der Waals surface area contributed by atoms with Gasteiger partial charge in [-0.05, 0) is 48.2 Å². The second kappa shape index (κ2) is 14.0. The van der Waals surface area contributed by atoms with Crippen LogP contribution in [0.2, 0.25) is 0 Å². The number of aromatic nitrogens is 2. The fourth-order valence-electron chi connectivity index (χ4n) is 4.88. The van der Waals surface area contributed by atoms with Crippen LogP contribution in [-0.4, -0.2) is 60.7 Å². The van der Waals surface area contributed by atoms with Gasteiger partial charge in [-0.2, -0.15) is 0 Å². The fourth-order valence-corrected chi connectivity index (χ4v) is 4.88. The lowest BCUT2D eigenvalue weighted by atomic mass is 9.89. The van der Waals surface area contributed by atoms with Crippen molar-refractivity contribution in [1.29, 1.82) is 0 Å². The third kappa shape index (κ3) is 6.48.